The highest BCUT2D eigenvalue weighted by molar-refractivity contribution is 5.73. The summed E-state index contributed by atoms with van der Waals surface area (Å²) in [6.45, 7) is 10.1. The van der Waals surface area contributed by atoms with Gasteiger partial charge < -0.3 is 9.47 Å². The standard InChI is InChI=1S/C20H38O4/c1-6-10-12-14-18(21)23-20(15-9-4,16-11-7-2)24-19(22)17(5)13-8-3/h17H,6-16H2,1-5H3. The highest BCUT2D eigenvalue weighted by Gasteiger charge is 2.38. The lowest BCUT2D eigenvalue weighted by Gasteiger charge is -2.34. The molecule has 0 aliphatic heterocycles. The van der Waals surface area contributed by atoms with Crippen LogP contribution in [0.5, 0.6) is 0 Å². The molecular formula is C20H38O4. The molecule has 0 aromatic heterocycles. The van der Waals surface area contributed by atoms with Crippen LogP contribution >= 0.6 is 0 Å². The number of carbonyl (C=O) groups is 2. The molecule has 0 amide bonds. The molecule has 2 atom stereocenters. The smallest absolute Gasteiger partial charge is 0.311 e. The molecule has 2 unspecified atom stereocenters. The van der Waals surface area contributed by atoms with Gasteiger partial charge in [0.05, 0.1) is 5.92 Å². The van der Waals surface area contributed by atoms with Crippen molar-refractivity contribution >= 4 is 11.9 Å². The van der Waals surface area contributed by atoms with Crippen molar-refractivity contribution in [3.63, 3.8) is 0 Å². The molecule has 0 heterocycles. The second-order valence-corrected chi connectivity index (χ2v) is 6.81. The van der Waals surface area contributed by atoms with Gasteiger partial charge in [0.1, 0.15) is 0 Å². The molecule has 0 spiro atoms. The summed E-state index contributed by atoms with van der Waals surface area (Å²) in [5, 5.41) is 0. The van der Waals surface area contributed by atoms with Crippen LogP contribution in [0.2, 0.25) is 0 Å². The van der Waals surface area contributed by atoms with Gasteiger partial charge in [0.2, 0.25) is 0 Å². The van der Waals surface area contributed by atoms with Crippen LogP contribution in [0.3, 0.4) is 0 Å². The summed E-state index contributed by atoms with van der Waals surface area (Å²) in [6, 6.07) is 0. The van der Waals surface area contributed by atoms with Gasteiger partial charge in [-0.15, -0.1) is 0 Å². The number of hydrogen-bond acceptors (Lipinski definition) is 4. The second kappa shape index (κ2) is 13.3. The fraction of sp³-hybridized carbons (Fsp3) is 0.900. The minimum atomic E-state index is -1.08. The molecule has 0 saturated heterocycles. The van der Waals surface area contributed by atoms with E-state index in [2.05, 4.69) is 13.8 Å². The molecule has 0 aliphatic carbocycles. The summed E-state index contributed by atoms with van der Waals surface area (Å²) < 4.78 is 11.5. The van der Waals surface area contributed by atoms with E-state index in [9.17, 15) is 9.59 Å². The predicted octanol–water partition coefficient (Wildman–Crippen LogP) is 5.78. The number of rotatable bonds is 14. The first-order valence-electron chi connectivity index (χ1n) is 9.89. The molecule has 0 bridgehead atoms. The summed E-state index contributed by atoms with van der Waals surface area (Å²) in [6.07, 6.45) is 8.82. The maximum atomic E-state index is 12.4. The van der Waals surface area contributed by atoms with Gasteiger partial charge in [-0.05, 0) is 25.7 Å². The first-order chi connectivity index (χ1) is 11.4. The summed E-state index contributed by atoms with van der Waals surface area (Å²) in [4.78, 5) is 24.6. The van der Waals surface area contributed by atoms with Crippen LogP contribution in [-0.2, 0) is 19.1 Å². The van der Waals surface area contributed by atoms with Crippen molar-refractivity contribution in [2.24, 2.45) is 5.92 Å². The Bertz CT molecular complexity index is 354. The van der Waals surface area contributed by atoms with Crippen molar-refractivity contribution < 1.29 is 19.1 Å². The van der Waals surface area contributed by atoms with Crippen LogP contribution < -0.4 is 0 Å². The zero-order valence-corrected chi connectivity index (χ0v) is 16.5. The molecule has 0 radical (unpaired) electrons. The minimum Gasteiger partial charge on any atom is -0.422 e. The summed E-state index contributed by atoms with van der Waals surface area (Å²) in [7, 11) is 0. The number of ether oxygens (including phenoxy) is 2. The van der Waals surface area contributed by atoms with Crippen LogP contribution in [0.25, 0.3) is 0 Å². The van der Waals surface area contributed by atoms with Crippen LogP contribution in [0.4, 0.5) is 0 Å². The number of hydrogen-bond donors (Lipinski definition) is 0. The van der Waals surface area contributed by atoms with E-state index in [1.54, 1.807) is 0 Å². The lowest BCUT2D eigenvalue weighted by Crippen LogP contribution is -2.41. The van der Waals surface area contributed by atoms with Gasteiger partial charge in [-0.3, -0.25) is 9.59 Å². The van der Waals surface area contributed by atoms with E-state index < -0.39 is 5.79 Å². The molecule has 0 rings (SSSR count). The highest BCUT2D eigenvalue weighted by atomic mass is 16.7. The fourth-order valence-electron chi connectivity index (χ4n) is 2.79. The summed E-state index contributed by atoms with van der Waals surface area (Å²) in [5.74, 6) is -1.73. The Labute approximate surface area is 148 Å². The first kappa shape index (κ1) is 22.9. The van der Waals surface area contributed by atoms with Crippen LogP contribution in [0, 0.1) is 5.92 Å². The first-order valence-corrected chi connectivity index (χ1v) is 9.89. The quantitative estimate of drug-likeness (QED) is 0.228. The third-order valence-corrected chi connectivity index (χ3v) is 4.24. The third-order valence-electron chi connectivity index (χ3n) is 4.24. The second-order valence-electron chi connectivity index (χ2n) is 6.81. The Balaban J connectivity index is 5.01. The highest BCUT2D eigenvalue weighted by Crippen LogP contribution is 2.29. The number of esters is 2. The molecule has 4 heteroatoms. The predicted molar refractivity (Wildman–Crippen MR) is 97.6 cm³/mol. The topological polar surface area (TPSA) is 52.6 Å². The maximum absolute atomic E-state index is 12.4. The van der Waals surface area contributed by atoms with Gasteiger partial charge in [0, 0.05) is 19.3 Å². The van der Waals surface area contributed by atoms with Crippen LogP contribution in [0.15, 0.2) is 0 Å². The Kier molecular flexibility index (Phi) is 12.7. The van der Waals surface area contributed by atoms with Crippen LogP contribution in [0.1, 0.15) is 105 Å². The molecule has 0 fully saturated rings. The SMILES string of the molecule is CCCCCC(=O)OC(CCC)(CCCC)OC(=O)C(C)CCC. The van der Waals surface area contributed by atoms with Crippen molar-refractivity contribution in [1.29, 1.82) is 0 Å². The lowest BCUT2D eigenvalue weighted by molar-refractivity contribution is -0.237. The molecule has 0 aliphatic rings. The van der Waals surface area contributed by atoms with Gasteiger partial charge in [-0.25, -0.2) is 0 Å². The van der Waals surface area contributed by atoms with E-state index in [0.29, 0.717) is 19.3 Å². The van der Waals surface area contributed by atoms with Gasteiger partial charge in [-0.2, -0.15) is 0 Å². The van der Waals surface area contributed by atoms with Crippen molar-refractivity contribution in [3.8, 4) is 0 Å². The van der Waals surface area contributed by atoms with Crippen molar-refractivity contribution in [2.45, 2.75) is 111 Å². The zero-order chi connectivity index (χ0) is 18.4. The summed E-state index contributed by atoms with van der Waals surface area (Å²) in [5.41, 5.74) is 0. The molecule has 24 heavy (non-hydrogen) atoms. The van der Waals surface area contributed by atoms with Gasteiger partial charge >= 0.3 is 11.9 Å². The molecule has 0 aromatic rings. The van der Waals surface area contributed by atoms with Crippen molar-refractivity contribution in [3.05, 3.63) is 0 Å². The molecule has 4 nitrogen and oxygen atoms in total. The number of carbonyl (C=O) groups excluding carboxylic acids is 2. The Hall–Kier alpha value is -1.06. The van der Waals surface area contributed by atoms with E-state index >= 15 is 0 Å². The minimum absolute atomic E-state index is 0.161. The normalized spacial score (nSPS) is 14.7. The van der Waals surface area contributed by atoms with Gasteiger partial charge in [0.25, 0.3) is 5.79 Å². The molecule has 0 N–H and O–H groups in total. The molecule has 0 saturated carbocycles. The Morgan fingerprint density at radius 2 is 1.50 bits per heavy atom. The molecule has 0 aromatic carbocycles. The van der Waals surface area contributed by atoms with E-state index in [0.717, 1.165) is 51.4 Å². The monoisotopic (exact) mass is 342 g/mol. The average Bonchev–Trinajstić information content (AvgIpc) is 2.53. The Morgan fingerprint density at radius 1 is 0.833 bits per heavy atom. The van der Waals surface area contributed by atoms with Gasteiger partial charge in [-0.1, -0.05) is 60.3 Å². The van der Waals surface area contributed by atoms with E-state index in [1.807, 2.05) is 20.8 Å². The molecule has 142 valence electrons. The Morgan fingerprint density at radius 3 is 2.04 bits per heavy atom. The van der Waals surface area contributed by atoms with Crippen molar-refractivity contribution in [1.82, 2.24) is 0 Å². The fourth-order valence-corrected chi connectivity index (χ4v) is 2.79. The average molecular weight is 343 g/mol. The van der Waals surface area contributed by atoms with E-state index in [-0.39, 0.29) is 17.9 Å². The lowest BCUT2D eigenvalue weighted by atomic mass is 10.0. The van der Waals surface area contributed by atoms with Gasteiger partial charge in [0.15, 0.2) is 0 Å². The molecular weight excluding hydrogens is 304 g/mol. The summed E-state index contributed by atoms with van der Waals surface area (Å²) >= 11 is 0. The van der Waals surface area contributed by atoms with E-state index in [1.165, 1.54) is 0 Å². The number of unbranched alkanes of at least 4 members (excludes halogenated alkanes) is 3. The van der Waals surface area contributed by atoms with E-state index in [4.69, 9.17) is 9.47 Å². The third kappa shape index (κ3) is 9.29. The van der Waals surface area contributed by atoms with Crippen LogP contribution in [-0.4, -0.2) is 17.7 Å². The largest absolute Gasteiger partial charge is 0.422 e. The van der Waals surface area contributed by atoms with Crippen molar-refractivity contribution in [2.75, 3.05) is 0 Å². The maximum Gasteiger partial charge on any atom is 0.311 e. The zero-order valence-electron chi connectivity index (χ0n) is 16.5.